The van der Waals surface area contributed by atoms with Crippen LogP contribution < -0.4 is 5.32 Å². The van der Waals surface area contributed by atoms with Crippen LogP contribution in [0.15, 0.2) is 54.7 Å². The van der Waals surface area contributed by atoms with Crippen LogP contribution in [0, 0.1) is 5.92 Å². The average molecular weight is 335 g/mol. The first-order valence-corrected chi connectivity index (χ1v) is 8.32. The Morgan fingerprint density at radius 3 is 2.60 bits per heavy atom. The number of nitrogens with zero attached hydrogens (tertiary/aromatic N) is 2. The molecule has 1 aromatic heterocycles. The number of carbonyl (C=O) groups is 1. The molecule has 5 heteroatoms. The Balaban J connectivity index is 1.88. The molecule has 0 spiro atoms. The van der Waals surface area contributed by atoms with Gasteiger partial charge in [-0.05, 0) is 30.2 Å². The van der Waals surface area contributed by atoms with Crippen molar-refractivity contribution in [2.75, 3.05) is 6.61 Å². The summed E-state index contributed by atoms with van der Waals surface area (Å²) in [6.07, 6.45) is 1.71. The quantitative estimate of drug-likeness (QED) is 0.751. The lowest BCUT2D eigenvalue weighted by Gasteiger charge is -2.20. The summed E-state index contributed by atoms with van der Waals surface area (Å²) < 4.78 is 0. The molecule has 128 valence electrons. The first-order valence-electron chi connectivity index (χ1n) is 8.32. The fourth-order valence-corrected chi connectivity index (χ4v) is 2.59. The standard InChI is InChI=1S/C20H21N3O2/c1-13(2)19(12-24)23-20(25)15-7-5-6-14(10-15)18-11-21-16-8-3-4-9-17(16)22-18/h3-11,13,19,24H,12H2,1-2H3,(H,23,25)/t19-/m1/s1. The number of aliphatic hydroxyl groups excluding tert-OH is 1. The molecular weight excluding hydrogens is 314 g/mol. The highest BCUT2D eigenvalue weighted by atomic mass is 16.3. The first-order chi connectivity index (χ1) is 12.1. The van der Waals surface area contributed by atoms with Gasteiger partial charge < -0.3 is 10.4 Å². The van der Waals surface area contributed by atoms with Crippen LogP contribution in [0.4, 0.5) is 0 Å². The van der Waals surface area contributed by atoms with E-state index in [9.17, 15) is 9.90 Å². The molecule has 2 aromatic carbocycles. The Labute approximate surface area is 146 Å². The predicted octanol–water partition coefficient (Wildman–Crippen LogP) is 3.04. The number of aliphatic hydroxyl groups is 1. The molecule has 0 aliphatic heterocycles. The van der Waals surface area contributed by atoms with E-state index in [1.165, 1.54) is 0 Å². The number of rotatable bonds is 5. The van der Waals surface area contributed by atoms with Crippen molar-refractivity contribution in [3.05, 3.63) is 60.3 Å². The zero-order valence-corrected chi connectivity index (χ0v) is 14.3. The monoisotopic (exact) mass is 335 g/mol. The Bertz CT molecular complexity index is 893. The van der Waals surface area contributed by atoms with Crippen LogP contribution in [-0.4, -0.2) is 33.6 Å². The normalized spacial score (nSPS) is 12.3. The van der Waals surface area contributed by atoms with Crippen molar-refractivity contribution < 1.29 is 9.90 Å². The summed E-state index contributed by atoms with van der Waals surface area (Å²) in [7, 11) is 0. The second-order valence-electron chi connectivity index (χ2n) is 6.33. The van der Waals surface area contributed by atoms with Gasteiger partial charge in [0.1, 0.15) is 0 Å². The van der Waals surface area contributed by atoms with E-state index in [1.807, 2.05) is 50.2 Å². The molecule has 25 heavy (non-hydrogen) atoms. The van der Waals surface area contributed by atoms with Crippen LogP contribution in [0.3, 0.4) is 0 Å². The molecule has 0 saturated heterocycles. The van der Waals surface area contributed by atoms with Gasteiger partial charge in [-0.25, -0.2) is 4.98 Å². The van der Waals surface area contributed by atoms with Crippen molar-refractivity contribution in [3.63, 3.8) is 0 Å². The number of fused-ring (bicyclic) bond motifs is 1. The molecule has 3 rings (SSSR count). The third-order valence-corrected chi connectivity index (χ3v) is 4.19. The molecule has 0 unspecified atom stereocenters. The number of nitrogens with one attached hydrogen (secondary N) is 1. The largest absolute Gasteiger partial charge is 0.394 e. The maximum absolute atomic E-state index is 12.5. The van der Waals surface area contributed by atoms with Crippen molar-refractivity contribution in [1.29, 1.82) is 0 Å². The number of hydrogen-bond donors (Lipinski definition) is 2. The minimum Gasteiger partial charge on any atom is -0.394 e. The van der Waals surface area contributed by atoms with E-state index in [-0.39, 0.29) is 24.5 Å². The molecule has 0 saturated carbocycles. The average Bonchev–Trinajstić information content (AvgIpc) is 2.65. The zero-order valence-electron chi connectivity index (χ0n) is 14.3. The van der Waals surface area contributed by atoms with Crippen LogP contribution >= 0.6 is 0 Å². The Morgan fingerprint density at radius 2 is 1.88 bits per heavy atom. The summed E-state index contributed by atoms with van der Waals surface area (Å²) in [5.41, 5.74) is 3.73. The molecule has 1 atom stereocenters. The van der Waals surface area contributed by atoms with Crippen molar-refractivity contribution in [1.82, 2.24) is 15.3 Å². The maximum atomic E-state index is 12.5. The number of aromatic nitrogens is 2. The first kappa shape index (κ1) is 17.0. The summed E-state index contributed by atoms with van der Waals surface area (Å²) in [4.78, 5) is 21.5. The van der Waals surface area contributed by atoms with Gasteiger partial charge in [0.25, 0.3) is 5.91 Å². The van der Waals surface area contributed by atoms with E-state index in [2.05, 4.69) is 15.3 Å². The lowest BCUT2D eigenvalue weighted by atomic mass is 10.0. The van der Waals surface area contributed by atoms with E-state index < -0.39 is 0 Å². The lowest BCUT2D eigenvalue weighted by molar-refractivity contribution is 0.0897. The maximum Gasteiger partial charge on any atom is 0.251 e. The van der Waals surface area contributed by atoms with Crippen LogP contribution in [0.25, 0.3) is 22.3 Å². The number of benzene rings is 2. The third-order valence-electron chi connectivity index (χ3n) is 4.19. The van der Waals surface area contributed by atoms with Gasteiger partial charge in [-0.15, -0.1) is 0 Å². The molecular formula is C20H21N3O2. The number of amides is 1. The van der Waals surface area contributed by atoms with Crippen molar-refractivity contribution >= 4 is 16.9 Å². The van der Waals surface area contributed by atoms with Crippen LogP contribution in [0.2, 0.25) is 0 Å². The van der Waals surface area contributed by atoms with E-state index in [0.29, 0.717) is 5.56 Å². The summed E-state index contributed by atoms with van der Waals surface area (Å²) in [5.74, 6) is -0.0492. The van der Waals surface area contributed by atoms with E-state index >= 15 is 0 Å². The molecule has 0 radical (unpaired) electrons. The number of hydrogen-bond acceptors (Lipinski definition) is 4. The molecule has 2 N–H and O–H groups in total. The highest BCUT2D eigenvalue weighted by Crippen LogP contribution is 2.20. The van der Waals surface area contributed by atoms with Gasteiger partial charge >= 0.3 is 0 Å². The van der Waals surface area contributed by atoms with Crippen LogP contribution in [0.1, 0.15) is 24.2 Å². The summed E-state index contributed by atoms with van der Waals surface area (Å²) in [6, 6.07) is 14.7. The molecule has 0 fully saturated rings. The van der Waals surface area contributed by atoms with Gasteiger partial charge in [0.15, 0.2) is 0 Å². The van der Waals surface area contributed by atoms with Crippen molar-refractivity contribution in [3.8, 4) is 11.3 Å². The second-order valence-corrected chi connectivity index (χ2v) is 6.33. The SMILES string of the molecule is CC(C)[C@@H](CO)NC(=O)c1cccc(-c2cnc3ccccc3n2)c1. The summed E-state index contributed by atoms with van der Waals surface area (Å²) >= 11 is 0. The fraction of sp³-hybridized carbons (Fsp3) is 0.250. The van der Waals surface area contributed by atoms with Crippen LogP contribution in [0.5, 0.6) is 0 Å². The molecule has 3 aromatic rings. The van der Waals surface area contributed by atoms with E-state index in [4.69, 9.17) is 0 Å². The molecule has 0 aliphatic rings. The Hall–Kier alpha value is -2.79. The van der Waals surface area contributed by atoms with Crippen LogP contribution in [-0.2, 0) is 0 Å². The highest BCUT2D eigenvalue weighted by Gasteiger charge is 2.16. The summed E-state index contributed by atoms with van der Waals surface area (Å²) in [6.45, 7) is 3.84. The van der Waals surface area contributed by atoms with Gasteiger partial charge in [-0.2, -0.15) is 0 Å². The zero-order chi connectivity index (χ0) is 17.8. The Kier molecular flexibility index (Phi) is 5.05. The minimum atomic E-state index is -0.267. The fourth-order valence-electron chi connectivity index (χ4n) is 2.59. The van der Waals surface area contributed by atoms with Crippen molar-refractivity contribution in [2.45, 2.75) is 19.9 Å². The van der Waals surface area contributed by atoms with E-state index in [0.717, 1.165) is 22.3 Å². The second kappa shape index (κ2) is 7.40. The number of carbonyl (C=O) groups excluding carboxylic acids is 1. The topological polar surface area (TPSA) is 75.1 Å². The lowest BCUT2D eigenvalue weighted by Crippen LogP contribution is -2.41. The molecule has 0 aliphatic carbocycles. The minimum absolute atomic E-state index is 0.0841. The van der Waals surface area contributed by atoms with Gasteiger partial charge in [0, 0.05) is 11.1 Å². The van der Waals surface area contributed by atoms with E-state index in [1.54, 1.807) is 18.3 Å². The predicted molar refractivity (Wildman–Crippen MR) is 98.2 cm³/mol. The number of para-hydroxylation sites is 2. The molecule has 5 nitrogen and oxygen atoms in total. The molecule has 1 heterocycles. The molecule has 0 bridgehead atoms. The van der Waals surface area contributed by atoms with Gasteiger partial charge in [-0.3, -0.25) is 9.78 Å². The molecule has 1 amide bonds. The van der Waals surface area contributed by atoms with Gasteiger partial charge in [0.2, 0.25) is 0 Å². The van der Waals surface area contributed by atoms with Crippen molar-refractivity contribution in [2.24, 2.45) is 5.92 Å². The Morgan fingerprint density at radius 1 is 1.12 bits per heavy atom. The third kappa shape index (κ3) is 3.83. The highest BCUT2D eigenvalue weighted by molar-refractivity contribution is 5.95. The van der Waals surface area contributed by atoms with Gasteiger partial charge in [0.05, 0.1) is 35.6 Å². The van der Waals surface area contributed by atoms with Gasteiger partial charge in [-0.1, -0.05) is 38.1 Å². The smallest absolute Gasteiger partial charge is 0.251 e. The summed E-state index contributed by atoms with van der Waals surface area (Å²) in [5, 5.41) is 12.3.